The van der Waals surface area contributed by atoms with E-state index in [1.54, 1.807) is 17.5 Å². The summed E-state index contributed by atoms with van der Waals surface area (Å²) < 4.78 is 1.07. The average molecular weight is 299 g/mol. The van der Waals surface area contributed by atoms with Crippen LogP contribution in [0.15, 0.2) is 29.9 Å². The summed E-state index contributed by atoms with van der Waals surface area (Å²) in [5.41, 5.74) is 2.49. The molecule has 5 nitrogen and oxygen atoms in total. The molecule has 0 aromatic carbocycles. The van der Waals surface area contributed by atoms with Crippen LogP contribution in [-0.2, 0) is 6.42 Å². The van der Waals surface area contributed by atoms with Gasteiger partial charge in [0.25, 0.3) is 0 Å². The highest BCUT2D eigenvalue weighted by molar-refractivity contribution is 7.17. The molecule has 0 fully saturated rings. The Labute approximate surface area is 125 Å². The first kappa shape index (κ1) is 13.6. The molecule has 0 atom stereocenters. The minimum Gasteiger partial charge on any atom is -0.478 e. The molecule has 0 aliphatic carbocycles. The normalized spacial score (nSPS) is 10.9. The van der Waals surface area contributed by atoms with Crippen molar-refractivity contribution in [2.45, 2.75) is 19.8 Å². The van der Waals surface area contributed by atoms with E-state index in [0.29, 0.717) is 17.9 Å². The molecule has 3 aromatic rings. The Morgan fingerprint density at radius 2 is 2.19 bits per heavy atom. The predicted octanol–water partition coefficient (Wildman–Crippen LogP) is 3.40. The number of rotatable bonds is 4. The molecule has 3 rings (SSSR count). The van der Waals surface area contributed by atoms with Crippen LogP contribution in [0.2, 0.25) is 0 Å². The highest BCUT2D eigenvalue weighted by Gasteiger charge is 2.14. The SMILES string of the molecule is CCCc1nc(-c2cnc3ccsc3c2)ncc1C(=O)O. The van der Waals surface area contributed by atoms with E-state index in [1.165, 1.54) is 6.20 Å². The summed E-state index contributed by atoms with van der Waals surface area (Å²) in [6, 6.07) is 3.94. The van der Waals surface area contributed by atoms with Crippen LogP contribution < -0.4 is 0 Å². The first-order valence-corrected chi connectivity index (χ1v) is 7.50. The van der Waals surface area contributed by atoms with E-state index in [0.717, 1.165) is 22.2 Å². The molecule has 106 valence electrons. The van der Waals surface area contributed by atoms with E-state index in [2.05, 4.69) is 15.0 Å². The largest absolute Gasteiger partial charge is 0.478 e. The zero-order valence-corrected chi connectivity index (χ0v) is 12.2. The van der Waals surface area contributed by atoms with Crippen LogP contribution in [0.4, 0.5) is 0 Å². The Hall–Kier alpha value is -2.34. The first-order valence-electron chi connectivity index (χ1n) is 6.62. The molecule has 0 aliphatic rings. The fourth-order valence-electron chi connectivity index (χ4n) is 2.13. The summed E-state index contributed by atoms with van der Waals surface area (Å²) in [6.45, 7) is 1.99. The van der Waals surface area contributed by atoms with Gasteiger partial charge in [-0.1, -0.05) is 13.3 Å². The standard InChI is InChI=1S/C15H13N3O2S/c1-2-3-11-10(15(19)20)8-17-14(18-11)9-6-13-12(16-7-9)4-5-21-13/h4-8H,2-3H2,1H3,(H,19,20). The molecule has 6 heteroatoms. The molecular weight excluding hydrogens is 286 g/mol. The van der Waals surface area contributed by atoms with Crippen LogP contribution in [-0.4, -0.2) is 26.0 Å². The lowest BCUT2D eigenvalue weighted by Crippen LogP contribution is -2.07. The molecule has 0 aliphatic heterocycles. The molecule has 0 bridgehead atoms. The Kier molecular flexibility index (Phi) is 3.62. The Morgan fingerprint density at radius 1 is 1.33 bits per heavy atom. The van der Waals surface area contributed by atoms with E-state index in [9.17, 15) is 9.90 Å². The summed E-state index contributed by atoms with van der Waals surface area (Å²) >= 11 is 1.61. The third-order valence-corrected chi connectivity index (χ3v) is 4.00. The van der Waals surface area contributed by atoms with Gasteiger partial charge >= 0.3 is 5.97 Å². The van der Waals surface area contributed by atoms with Gasteiger partial charge in [-0.2, -0.15) is 0 Å². The molecule has 0 saturated carbocycles. The fraction of sp³-hybridized carbons (Fsp3) is 0.200. The number of fused-ring (bicyclic) bond motifs is 1. The predicted molar refractivity (Wildman–Crippen MR) is 81.6 cm³/mol. The monoisotopic (exact) mass is 299 g/mol. The lowest BCUT2D eigenvalue weighted by atomic mass is 10.1. The molecule has 1 N–H and O–H groups in total. The number of carboxylic acids is 1. The van der Waals surface area contributed by atoms with E-state index in [1.807, 2.05) is 24.4 Å². The maximum absolute atomic E-state index is 11.2. The topological polar surface area (TPSA) is 76.0 Å². The van der Waals surface area contributed by atoms with Crippen molar-refractivity contribution in [1.29, 1.82) is 0 Å². The van der Waals surface area contributed by atoms with Crippen LogP contribution in [0.5, 0.6) is 0 Å². The molecular formula is C15H13N3O2S. The molecule has 0 unspecified atom stereocenters. The highest BCUT2D eigenvalue weighted by Crippen LogP contribution is 2.24. The highest BCUT2D eigenvalue weighted by atomic mass is 32.1. The summed E-state index contributed by atoms with van der Waals surface area (Å²) in [5, 5.41) is 11.2. The average Bonchev–Trinajstić information content (AvgIpc) is 2.94. The minimum absolute atomic E-state index is 0.172. The third-order valence-electron chi connectivity index (χ3n) is 3.15. The molecule has 3 aromatic heterocycles. The van der Waals surface area contributed by atoms with Crippen molar-refractivity contribution in [3.63, 3.8) is 0 Å². The second kappa shape index (κ2) is 5.57. The van der Waals surface area contributed by atoms with Gasteiger partial charge in [-0.25, -0.2) is 14.8 Å². The number of carboxylic acid groups (broad SMARTS) is 1. The number of aryl methyl sites for hydroxylation is 1. The molecule has 3 heterocycles. The number of aromatic carboxylic acids is 1. The first-order chi connectivity index (χ1) is 10.2. The van der Waals surface area contributed by atoms with Gasteiger partial charge in [0.1, 0.15) is 0 Å². The quantitative estimate of drug-likeness (QED) is 0.799. The van der Waals surface area contributed by atoms with Crippen molar-refractivity contribution in [2.24, 2.45) is 0 Å². The van der Waals surface area contributed by atoms with Crippen molar-refractivity contribution < 1.29 is 9.90 Å². The summed E-state index contributed by atoms with van der Waals surface area (Å²) in [5.74, 6) is -0.469. The second-order valence-corrected chi connectivity index (χ2v) is 5.58. The van der Waals surface area contributed by atoms with Crippen molar-refractivity contribution in [2.75, 3.05) is 0 Å². The van der Waals surface area contributed by atoms with Gasteiger partial charge < -0.3 is 5.11 Å². The van der Waals surface area contributed by atoms with Crippen molar-refractivity contribution in [1.82, 2.24) is 15.0 Å². The van der Waals surface area contributed by atoms with Gasteiger partial charge in [-0.3, -0.25) is 4.98 Å². The van der Waals surface area contributed by atoms with Crippen LogP contribution in [0, 0.1) is 0 Å². The van der Waals surface area contributed by atoms with Gasteiger partial charge in [0, 0.05) is 18.0 Å². The summed E-state index contributed by atoms with van der Waals surface area (Å²) in [6.07, 6.45) is 4.56. The molecule has 0 radical (unpaired) electrons. The maximum atomic E-state index is 11.2. The smallest absolute Gasteiger partial charge is 0.339 e. The van der Waals surface area contributed by atoms with Crippen LogP contribution in [0.1, 0.15) is 29.4 Å². The second-order valence-electron chi connectivity index (χ2n) is 4.64. The number of thiophene rings is 1. The Balaban J connectivity index is 2.08. The minimum atomic E-state index is -0.989. The molecule has 0 amide bonds. The van der Waals surface area contributed by atoms with Crippen molar-refractivity contribution in [3.8, 4) is 11.4 Å². The number of pyridine rings is 1. The van der Waals surface area contributed by atoms with Crippen LogP contribution in [0.3, 0.4) is 0 Å². The maximum Gasteiger partial charge on any atom is 0.339 e. The number of hydrogen-bond acceptors (Lipinski definition) is 5. The van der Waals surface area contributed by atoms with Gasteiger partial charge in [-0.05, 0) is 23.9 Å². The lowest BCUT2D eigenvalue weighted by molar-refractivity contribution is 0.0694. The van der Waals surface area contributed by atoms with E-state index < -0.39 is 5.97 Å². The number of nitrogens with zero attached hydrogens (tertiary/aromatic N) is 3. The number of aromatic nitrogens is 3. The summed E-state index contributed by atoms with van der Waals surface area (Å²) in [4.78, 5) is 24.2. The molecule has 0 saturated heterocycles. The van der Waals surface area contributed by atoms with Gasteiger partial charge in [-0.15, -0.1) is 11.3 Å². The Bertz CT molecular complexity index is 814. The number of hydrogen-bond donors (Lipinski definition) is 1. The Morgan fingerprint density at radius 3 is 2.95 bits per heavy atom. The third kappa shape index (κ3) is 2.62. The fourth-order valence-corrected chi connectivity index (χ4v) is 2.91. The van der Waals surface area contributed by atoms with Gasteiger partial charge in [0.05, 0.1) is 21.5 Å². The zero-order chi connectivity index (χ0) is 14.8. The van der Waals surface area contributed by atoms with E-state index >= 15 is 0 Å². The van der Waals surface area contributed by atoms with Crippen LogP contribution >= 0.6 is 11.3 Å². The van der Waals surface area contributed by atoms with Crippen molar-refractivity contribution >= 4 is 27.5 Å². The number of carbonyl (C=O) groups is 1. The summed E-state index contributed by atoms with van der Waals surface area (Å²) in [7, 11) is 0. The van der Waals surface area contributed by atoms with Gasteiger partial charge in [0.15, 0.2) is 5.82 Å². The van der Waals surface area contributed by atoms with Crippen molar-refractivity contribution in [3.05, 3.63) is 41.2 Å². The van der Waals surface area contributed by atoms with Crippen LogP contribution in [0.25, 0.3) is 21.6 Å². The van der Waals surface area contributed by atoms with Gasteiger partial charge in [0.2, 0.25) is 0 Å². The molecule has 0 spiro atoms. The lowest BCUT2D eigenvalue weighted by Gasteiger charge is -2.06. The van der Waals surface area contributed by atoms with E-state index in [-0.39, 0.29) is 5.56 Å². The zero-order valence-electron chi connectivity index (χ0n) is 11.4. The van der Waals surface area contributed by atoms with E-state index in [4.69, 9.17) is 0 Å². The molecule has 21 heavy (non-hydrogen) atoms.